The van der Waals surface area contributed by atoms with Gasteiger partial charge in [-0.15, -0.1) is 23.2 Å². The Morgan fingerprint density at radius 2 is 1.76 bits per heavy atom. The highest BCUT2D eigenvalue weighted by molar-refractivity contribution is 6.52. The van der Waals surface area contributed by atoms with Crippen LogP contribution < -0.4 is 5.32 Å². The number of rotatable bonds is 2. The van der Waals surface area contributed by atoms with E-state index in [-0.39, 0.29) is 11.8 Å². The molecular formula is C13H15Cl2NO. The molecule has 0 heterocycles. The second kappa shape index (κ2) is 4.18. The quantitative estimate of drug-likeness (QED) is 0.816. The van der Waals surface area contributed by atoms with Gasteiger partial charge in [-0.2, -0.15) is 0 Å². The fourth-order valence-corrected chi connectivity index (χ4v) is 2.59. The summed E-state index contributed by atoms with van der Waals surface area (Å²) in [5, 5.41) is 2.92. The molecule has 2 nitrogen and oxygen atoms in total. The smallest absolute Gasteiger partial charge is 0.230 e. The van der Waals surface area contributed by atoms with Gasteiger partial charge in [0.25, 0.3) is 0 Å². The molecule has 1 fully saturated rings. The van der Waals surface area contributed by atoms with E-state index < -0.39 is 4.33 Å². The second-order valence-corrected chi connectivity index (χ2v) is 6.32. The molecule has 1 amide bonds. The Balaban J connectivity index is 2.17. The molecular weight excluding hydrogens is 257 g/mol. The number of benzene rings is 1. The van der Waals surface area contributed by atoms with Crippen LogP contribution >= 0.6 is 23.2 Å². The molecule has 0 bridgehead atoms. The van der Waals surface area contributed by atoms with E-state index in [0.717, 1.165) is 16.8 Å². The molecule has 0 spiro atoms. The molecule has 0 aliphatic heterocycles. The minimum atomic E-state index is -0.864. The van der Waals surface area contributed by atoms with Crippen LogP contribution in [0, 0.1) is 26.7 Å². The van der Waals surface area contributed by atoms with Crippen LogP contribution in [-0.4, -0.2) is 10.2 Å². The van der Waals surface area contributed by atoms with Gasteiger partial charge in [0.1, 0.15) is 4.33 Å². The van der Waals surface area contributed by atoms with Crippen molar-refractivity contribution in [2.75, 3.05) is 5.32 Å². The Labute approximate surface area is 111 Å². The van der Waals surface area contributed by atoms with Crippen LogP contribution in [-0.2, 0) is 4.79 Å². The highest BCUT2D eigenvalue weighted by atomic mass is 35.5. The van der Waals surface area contributed by atoms with E-state index in [1.165, 1.54) is 5.56 Å². The summed E-state index contributed by atoms with van der Waals surface area (Å²) in [6.07, 6.45) is 0.534. The van der Waals surface area contributed by atoms with Crippen molar-refractivity contribution in [1.82, 2.24) is 0 Å². The van der Waals surface area contributed by atoms with Crippen LogP contribution in [0.4, 0.5) is 5.69 Å². The molecule has 4 heteroatoms. The van der Waals surface area contributed by atoms with Crippen LogP contribution in [0.3, 0.4) is 0 Å². The lowest BCUT2D eigenvalue weighted by Crippen LogP contribution is -2.18. The van der Waals surface area contributed by atoms with Crippen molar-refractivity contribution < 1.29 is 4.79 Å². The highest BCUT2D eigenvalue weighted by Gasteiger charge is 2.56. The van der Waals surface area contributed by atoms with Crippen molar-refractivity contribution in [1.29, 1.82) is 0 Å². The zero-order valence-corrected chi connectivity index (χ0v) is 11.6. The number of halogens is 2. The summed E-state index contributed by atoms with van der Waals surface area (Å²) < 4.78 is -0.864. The monoisotopic (exact) mass is 271 g/mol. The molecule has 92 valence electrons. The molecule has 0 unspecified atom stereocenters. The highest BCUT2D eigenvalue weighted by Crippen LogP contribution is 2.53. The number of hydrogen-bond acceptors (Lipinski definition) is 1. The van der Waals surface area contributed by atoms with Crippen LogP contribution in [0.2, 0.25) is 0 Å². The maximum absolute atomic E-state index is 11.9. The Morgan fingerprint density at radius 3 is 2.18 bits per heavy atom. The summed E-state index contributed by atoms with van der Waals surface area (Å²) in [6.45, 7) is 6.00. The number of carbonyl (C=O) groups excluding carboxylic acids is 1. The Morgan fingerprint density at radius 1 is 1.29 bits per heavy atom. The molecule has 2 rings (SSSR count). The van der Waals surface area contributed by atoms with Gasteiger partial charge < -0.3 is 5.32 Å². The number of aryl methyl sites for hydroxylation is 3. The minimum absolute atomic E-state index is 0.0925. The summed E-state index contributed by atoms with van der Waals surface area (Å²) in [6, 6.07) is 4.09. The predicted octanol–water partition coefficient (Wildman–Crippen LogP) is 3.74. The van der Waals surface area contributed by atoms with Crippen molar-refractivity contribution >= 4 is 34.8 Å². The Bertz CT molecular complexity index is 459. The fraction of sp³-hybridized carbons (Fsp3) is 0.462. The van der Waals surface area contributed by atoms with E-state index in [0.29, 0.717) is 6.42 Å². The van der Waals surface area contributed by atoms with Crippen LogP contribution in [0.1, 0.15) is 23.1 Å². The van der Waals surface area contributed by atoms with Gasteiger partial charge in [-0.25, -0.2) is 0 Å². The molecule has 0 saturated heterocycles. The normalized spacial score (nSPS) is 21.1. The minimum Gasteiger partial charge on any atom is -0.325 e. The third-order valence-electron chi connectivity index (χ3n) is 3.07. The zero-order valence-electron chi connectivity index (χ0n) is 10.1. The molecule has 1 aliphatic carbocycles. The Kier molecular flexibility index (Phi) is 3.13. The molecule has 0 radical (unpaired) electrons. The number of hydrogen-bond donors (Lipinski definition) is 1. The second-order valence-electron chi connectivity index (χ2n) is 4.78. The number of nitrogens with one attached hydrogen (secondary N) is 1. The average Bonchev–Trinajstić information content (AvgIpc) is 2.81. The number of amides is 1. The lowest BCUT2D eigenvalue weighted by atomic mass is 10.0. The van der Waals surface area contributed by atoms with E-state index in [4.69, 9.17) is 23.2 Å². The Hall–Kier alpha value is -0.730. The zero-order chi connectivity index (χ0) is 12.8. The van der Waals surface area contributed by atoms with Crippen LogP contribution in [0.25, 0.3) is 0 Å². The van der Waals surface area contributed by atoms with Gasteiger partial charge in [-0.05, 0) is 38.3 Å². The van der Waals surface area contributed by atoms with E-state index in [9.17, 15) is 4.79 Å². The maximum atomic E-state index is 11.9. The predicted molar refractivity (Wildman–Crippen MR) is 71.8 cm³/mol. The number of alkyl halides is 2. The van der Waals surface area contributed by atoms with Gasteiger partial charge in [0.05, 0.1) is 5.92 Å². The maximum Gasteiger partial charge on any atom is 0.230 e. The fourth-order valence-electron chi connectivity index (χ4n) is 2.09. The molecule has 1 aromatic rings. The third kappa shape index (κ3) is 2.58. The van der Waals surface area contributed by atoms with Gasteiger partial charge in [0.15, 0.2) is 0 Å². The standard InChI is InChI=1S/C13H15Cl2NO/c1-7-4-8(2)11(9(3)5-7)16-12(17)10-6-13(10,14)15/h4-5,10H,6H2,1-3H3,(H,16,17)/t10-/m1/s1. The number of anilines is 1. The first-order valence-electron chi connectivity index (χ1n) is 5.58. The first-order chi connectivity index (χ1) is 7.81. The summed E-state index contributed by atoms with van der Waals surface area (Å²) in [5.74, 6) is -0.379. The summed E-state index contributed by atoms with van der Waals surface area (Å²) in [7, 11) is 0. The van der Waals surface area contributed by atoms with Gasteiger partial charge in [0, 0.05) is 5.69 Å². The largest absolute Gasteiger partial charge is 0.325 e. The summed E-state index contributed by atoms with van der Waals surface area (Å²) in [5.41, 5.74) is 4.18. The van der Waals surface area contributed by atoms with E-state index >= 15 is 0 Å². The molecule has 1 aromatic carbocycles. The van der Waals surface area contributed by atoms with E-state index in [1.807, 2.05) is 32.9 Å². The summed E-state index contributed by atoms with van der Waals surface area (Å²) in [4.78, 5) is 11.9. The van der Waals surface area contributed by atoms with E-state index in [1.54, 1.807) is 0 Å². The van der Waals surface area contributed by atoms with Crippen molar-refractivity contribution in [2.45, 2.75) is 31.5 Å². The van der Waals surface area contributed by atoms with Crippen LogP contribution in [0.5, 0.6) is 0 Å². The SMILES string of the molecule is Cc1cc(C)c(NC(=O)[C@H]2CC2(Cl)Cl)c(C)c1. The van der Waals surface area contributed by atoms with Gasteiger partial charge >= 0.3 is 0 Å². The molecule has 1 saturated carbocycles. The van der Waals surface area contributed by atoms with Crippen molar-refractivity contribution in [3.63, 3.8) is 0 Å². The van der Waals surface area contributed by atoms with Gasteiger partial charge in [0.2, 0.25) is 5.91 Å². The molecule has 1 atom stereocenters. The van der Waals surface area contributed by atoms with Crippen molar-refractivity contribution in [3.05, 3.63) is 28.8 Å². The third-order valence-corrected chi connectivity index (χ3v) is 3.90. The topological polar surface area (TPSA) is 29.1 Å². The molecule has 1 aliphatic rings. The average molecular weight is 272 g/mol. The molecule has 1 N–H and O–H groups in total. The van der Waals surface area contributed by atoms with Gasteiger partial charge in [-0.3, -0.25) is 4.79 Å². The first kappa shape index (κ1) is 12.7. The lowest BCUT2D eigenvalue weighted by molar-refractivity contribution is -0.117. The van der Waals surface area contributed by atoms with Crippen LogP contribution in [0.15, 0.2) is 12.1 Å². The van der Waals surface area contributed by atoms with E-state index in [2.05, 4.69) is 5.32 Å². The lowest BCUT2D eigenvalue weighted by Gasteiger charge is -2.12. The number of carbonyl (C=O) groups is 1. The molecule has 0 aromatic heterocycles. The van der Waals surface area contributed by atoms with Gasteiger partial charge in [-0.1, -0.05) is 17.7 Å². The summed E-state index contributed by atoms with van der Waals surface area (Å²) >= 11 is 11.8. The first-order valence-corrected chi connectivity index (χ1v) is 6.33. The van der Waals surface area contributed by atoms with Crippen molar-refractivity contribution in [3.8, 4) is 0 Å². The van der Waals surface area contributed by atoms with Crippen molar-refractivity contribution in [2.24, 2.45) is 5.92 Å². The molecule has 17 heavy (non-hydrogen) atoms.